The molecule has 0 saturated carbocycles. The molecule has 102 valence electrons. The molecule has 1 aromatic heterocycles. The summed E-state index contributed by atoms with van der Waals surface area (Å²) in [7, 11) is 1.98. The Bertz CT molecular complexity index is 571. The van der Waals surface area contributed by atoms with E-state index in [4.69, 9.17) is 4.74 Å². The number of ether oxygens (including phenoxy) is 1. The van der Waals surface area contributed by atoms with Gasteiger partial charge in [-0.15, -0.1) is 0 Å². The Kier molecular flexibility index (Phi) is 4.32. The molecule has 0 N–H and O–H groups in total. The van der Waals surface area contributed by atoms with E-state index in [2.05, 4.69) is 9.88 Å². The second kappa shape index (κ2) is 5.97. The predicted octanol–water partition coefficient (Wildman–Crippen LogP) is 3.16. The molecule has 19 heavy (non-hydrogen) atoms. The van der Waals surface area contributed by atoms with Crippen LogP contribution in [-0.4, -0.2) is 31.8 Å². The van der Waals surface area contributed by atoms with Crippen molar-refractivity contribution < 1.29 is 9.13 Å². The molecular weight excluding hydrogens is 243 g/mol. The molecule has 0 spiro atoms. The predicted molar refractivity (Wildman–Crippen MR) is 76.2 cm³/mol. The Hall–Kier alpha value is -1.68. The first kappa shape index (κ1) is 13.7. The summed E-state index contributed by atoms with van der Waals surface area (Å²) >= 11 is 0. The quantitative estimate of drug-likeness (QED) is 0.774. The van der Waals surface area contributed by atoms with Crippen LogP contribution >= 0.6 is 0 Å². The second-order valence-corrected chi connectivity index (χ2v) is 4.54. The molecule has 1 aromatic carbocycles. The smallest absolute Gasteiger partial charge is 0.149 e. The van der Waals surface area contributed by atoms with Gasteiger partial charge in [0.15, 0.2) is 0 Å². The number of aryl methyl sites for hydroxylation is 1. The molecule has 1 heterocycles. The van der Waals surface area contributed by atoms with E-state index in [1.807, 2.05) is 33.0 Å². The number of benzene rings is 1. The van der Waals surface area contributed by atoms with Crippen LogP contribution in [0.15, 0.2) is 24.3 Å². The van der Waals surface area contributed by atoms with Gasteiger partial charge in [0.2, 0.25) is 0 Å². The first-order valence-corrected chi connectivity index (χ1v) is 6.48. The Balaban J connectivity index is 2.39. The number of hydrogen-bond donors (Lipinski definition) is 0. The lowest BCUT2D eigenvalue weighted by atomic mass is 10.1. The number of hydrogen-bond acceptors (Lipinski definition) is 3. The number of nitrogens with zero attached hydrogens (tertiary/aromatic N) is 2. The van der Waals surface area contributed by atoms with E-state index in [0.717, 1.165) is 23.3 Å². The molecule has 4 heteroatoms. The van der Waals surface area contributed by atoms with E-state index in [-0.39, 0.29) is 5.82 Å². The summed E-state index contributed by atoms with van der Waals surface area (Å²) in [5.74, 6) is -0.277. The number of halogens is 1. The molecule has 0 bridgehead atoms. The highest BCUT2D eigenvalue weighted by atomic mass is 19.1. The van der Waals surface area contributed by atoms with Gasteiger partial charge in [0.05, 0.1) is 6.61 Å². The van der Waals surface area contributed by atoms with E-state index in [0.29, 0.717) is 18.7 Å². The largest absolute Gasteiger partial charge is 0.380 e. The molecule has 3 nitrogen and oxygen atoms in total. The van der Waals surface area contributed by atoms with Crippen LogP contribution in [0.1, 0.15) is 12.6 Å². The number of rotatable bonds is 5. The summed E-state index contributed by atoms with van der Waals surface area (Å²) in [4.78, 5) is 6.36. The summed E-state index contributed by atoms with van der Waals surface area (Å²) in [6, 6.07) is 7.04. The minimum absolute atomic E-state index is 0.277. The Labute approximate surface area is 113 Å². The summed E-state index contributed by atoms with van der Waals surface area (Å²) < 4.78 is 19.2. The first-order chi connectivity index (χ1) is 9.13. The number of aromatic nitrogens is 1. The van der Waals surface area contributed by atoms with E-state index in [1.54, 1.807) is 6.07 Å². The van der Waals surface area contributed by atoms with Crippen LogP contribution in [-0.2, 0) is 4.74 Å². The molecule has 0 amide bonds. The van der Waals surface area contributed by atoms with Gasteiger partial charge < -0.3 is 9.64 Å². The average Bonchev–Trinajstić information content (AvgIpc) is 2.39. The van der Waals surface area contributed by atoms with Crippen molar-refractivity contribution in [3.8, 4) is 0 Å². The lowest BCUT2D eigenvalue weighted by Gasteiger charge is -2.21. The molecule has 0 aliphatic rings. The van der Waals surface area contributed by atoms with E-state index in [1.165, 1.54) is 6.07 Å². The fourth-order valence-corrected chi connectivity index (χ4v) is 2.10. The Morgan fingerprint density at radius 1 is 1.37 bits per heavy atom. The third kappa shape index (κ3) is 3.01. The Morgan fingerprint density at radius 3 is 2.89 bits per heavy atom. The third-order valence-electron chi connectivity index (χ3n) is 3.08. The highest BCUT2D eigenvalue weighted by Crippen LogP contribution is 2.27. The van der Waals surface area contributed by atoms with Crippen LogP contribution < -0.4 is 4.90 Å². The topological polar surface area (TPSA) is 25.4 Å². The minimum atomic E-state index is -0.277. The van der Waals surface area contributed by atoms with Gasteiger partial charge >= 0.3 is 0 Å². The lowest BCUT2D eigenvalue weighted by molar-refractivity contribution is 0.154. The molecule has 0 atom stereocenters. The summed E-state index contributed by atoms with van der Waals surface area (Å²) in [6.07, 6.45) is 0. The van der Waals surface area contributed by atoms with Gasteiger partial charge in [0, 0.05) is 37.0 Å². The molecule has 2 aromatic rings. The van der Waals surface area contributed by atoms with Gasteiger partial charge in [-0.3, -0.25) is 0 Å². The molecule has 2 rings (SSSR count). The first-order valence-electron chi connectivity index (χ1n) is 6.48. The normalized spacial score (nSPS) is 10.9. The molecule has 0 fully saturated rings. The van der Waals surface area contributed by atoms with E-state index in [9.17, 15) is 4.39 Å². The van der Waals surface area contributed by atoms with Crippen molar-refractivity contribution in [1.29, 1.82) is 0 Å². The van der Waals surface area contributed by atoms with Gasteiger partial charge in [-0.1, -0.05) is 12.1 Å². The van der Waals surface area contributed by atoms with Crippen LogP contribution in [0, 0.1) is 12.7 Å². The van der Waals surface area contributed by atoms with Crippen LogP contribution in [0.2, 0.25) is 0 Å². The fraction of sp³-hybridized carbons (Fsp3) is 0.400. The number of fused-ring (bicyclic) bond motifs is 1. The molecule has 0 unspecified atom stereocenters. The van der Waals surface area contributed by atoms with Gasteiger partial charge in [-0.05, 0) is 26.0 Å². The summed E-state index contributed by atoms with van der Waals surface area (Å²) in [5, 5.41) is 0.838. The standard InChI is InChI=1S/C15H19FN2O/c1-4-19-9-8-18(3)14-10-11(2)17-15-12(14)6-5-7-13(15)16/h5-7,10H,4,8-9H2,1-3H3. The zero-order chi connectivity index (χ0) is 13.8. The number of anilines is 1. The SMILES string of the molecule is CCOCCN(C)c1cc(C)nc2c(F)cccc12. The van der Waals surface area contributed by atoms with Gasteiger partial charge in [-0.2, -0.15) is 0 Å². The average molecular weight is 262 g/mol. The van der Waals surface area contributed by atoms with Gasteiger partial charge in [0.25, 0.3) is 0 Å². The second-order valence-electron chi connectivity index (χ2n) is 4.54. The highest BCUT2D eigenvalue weighted by Gasteiger charge is 2.11. The van der Waals surface area contributed by atoms with Gasteiger partial charge in [0.1, 0.15) is 11.3 Å². The Morgan fingerprint density at radius 2 is 2.16 bits per heavy atom. The van der Waals surface area contributed by atoms with E-state index < -0.39 is 0 Å². The zero-order valence-electron chi connectivity index (χ0n) is 11.6. The van der Waals surface area contributed by atoms with Crippen LogP contribution in [0.3, 0.4) is 0 Å². The van der Waals surface area contributed by atoms with Crippen molar-refractivity contribution in [3.05, 3.63) is 35.8 Å². The van der Waals surface area contributed by atoms with E-state index >= 15 is 0 Å². The van der Waals surface area contributed by atoms with Crippen molar-refractivity contribution >= 4 is 16.6 Å². The zero-order valence-corrected chi connectivity index (χ0v) is 11.6. The maximum absolute atomic E-state index is 13.8. The van der Waals surface area contributed by atoms with Crippen LogP contribution in [0.4, 0.5) is 10.1 Å². The molecule has 0 aliphatic heterocycles. The lowest BCUT2D eigenvalue weighted by Crippen LogP contribution is -2.23. The van der Waals surface area contributed by atoms with Crippen molar-refractivity contribution in [2.45, 2.75) is 13.8 Å². The van der Waals surface area contributed by atoms with Crippen molar-refractivity contribution in [3.63, 3.8) is 0 Å². The molecular formula is C15H19FN2O. The minimum Gasteiger partial charge on any atom is -0.380 e. The number of pyridine rings is 1. The maximum Gasteiger partial charge on any atom is 0.149 e. The molecule has 0 saturated heterocycles. The van der Waals surface area contributed by atoms with Gasteiger partial charge in [-0.25, -0.2) is 9.37 Å². The fourth-order valence-electron chi connectivity index (χ4n) is 2.10. The monoisotopic (exact) mass is 262 g/mol. The van der Waals surface area contributed by atoms with Crippen LogP contribution in [0.25, 0.3) is 10.9 Å². The van der Waals surface area contributed by atoms with Crippen molar-refractivity contribution in [2.24, 2.45) is 0 Å². The van der Waals surface area contributed by atoms with Crippen LogP contribution in [0.5, 0.6) is 0 Å². The molecule has 0 radical (unpaired) electrons. The molecule has 0 aliphatic carbocycles. The number of para-hydroxylation sites is 1. The maximum atomic E-state index is 13.8. The third-order valence-corrected chi connectivity index (χ3v) is 3.08. The van der Waals surface area contributed by atoms with Crippen molar-refractivity contribution in [1.82, 2.24) is 4.98 Å². The number of likely N-dealkylation sites (N-methyl/N-ethyl adjacent to an activating group) is 1. The summed E-state index contributed by atoms with van der Waals surface area (Å²) in [6.45, 7) is 5.99. The van der Waals surface area contributed by atoms with Crippen molar-refractivity contribution in [2.75, 3.05) is 31.7 Å². The highest BCUT2D eigenvalue weighted by molar-refractivity contribution is 5.92. The summed E-state index contributed by atoms with van der Waals surface area (Å²) in [5.41, 5.74) is 2.23.